The smallest absolute Gasteiger partial charge is 0.143 e. The second-order valence-electron chi connectivity index (χ2n) is 4.02. The number of benzene rings is 1. The van der Waals surface area contributed by atoms with Crippen LogP contribution in [-0.2, 0) is 6.42 Å². The third-order valence-corrected chi connectivity index (χ3v) is 4.67. The number of thiazole rings is 2. The van der Waals surface area contributed by atoms with Gasteiger partial charge in [0.1, 0.15) is 16.5 Å². The van der Waals surface area contributed by atoms with Crippen molar-refractivity contribution in [2.75, 3.05) is 13.7 Å². The second kappa shape index (κ2) is 5.24. The standard InChI is InChI=1S/C13H13N3OS2/c1-17-8-2-3-9-11(6-8)19-13(16-9)10-7-18-12(15-10)4-5-14/h2-3,6-7H,4-5,14H2,1H3. The van der Waals surface area contributed by atoms with Gasteiger partial charge in [0.15, 0.2) is 0 Å². The van der Waals surface area contributed by atoms with Crippen LogP contribution in [0, 0.1) is 0 Å². The number of ether oxygens (including phenoxy) is 1. The summed E-state index contributed by atoms with van der Waals surface area (Å²) in [5.41, 5.74) is 7.46. The molecule has 0 radical (unpaired) electrons. The Kier molecular flexibility index (Phi) is 3.46. The Bertz CT molecular complexity index is 705. The molecule has 0 aliphatic rings. The summed E-state index contributed by atoms with van der Waals surface area (Å²) in [6, 6.07) is 5.90. The molecule has 0 fully saturated rings. The molecular weight excluding hydrogens is 278 g/mol. The van der Waals surface area contributed by atoms with E-state index < -0.39 is 0 Å². The molecule has 3 aromatic rings. The molecule has 4 nitrogen and oxygen atoms in total. The highest BCUT2D eigenvalue weighted by Gasteiger charge is 2.10. The van der Waals surface area contributed by atoms with Crippen LogP contribution in [0.3, 0.4) is 0 Å². The van der Waals surface area contributed by atoms with E-state index in [4.69, 9.17) is 10.5 Å². The van der Waals surface area contributed by atoms with Gasteiger partial charge in [0.05, 0.1) is 22.3 Å². The zero-order valence-electron chi connectivity index (χ0n) is 10.4. The number of fused-ring (bicyclic) bond motifs is 1. The Morgan fingerprint density at radius 2 is 2.21 bits per heavy atom. The van der Waals surface area contributed by atoms with Crippen molar-refractivity contribution < 1.29 is 4.74 Å². The molecule has 0 amide bonds. The Labute approximate surface area is 118 Å². The van der Waals surface area contributed by atoms with Crippen LogP contribution in [-0.4, -0.2) is 23.6 Å². The summed E-state index contributed by atoms with van der Waals surface area (Å²) in [4.78, 5) is 9.17. The Morgan fingerprint density at radius 3 is 3.00 bits per heavy atom. The fourth-order valence-electron chi connectivity index (χ4n) is 1.79. The van der Waals surface area contributed by atoms with E-state index in [0.717, 1.165) is 38.1 Å². The molecule has 2 heterocycles. The molecule has 2 aromatic heterocycles. The average Bonchev–Trinajstić information content (AvgIpc) is 3.03. The molecule has 1 aromatic carbocycles. The Balaban J connectivity index is 1.99. The third-order valence-electron chi connectivity index (χ3n) is 2.72. The fourth-order valence-corrected chi connectivity index (χ4v) is 3.62. The normalized spacial score (nSPS) is 11.1. The van der Waals surface area contributed by atoms with Gasteiger partial charge in [-0.25, -0.2) is 9.97 Å². The largest absolute Gasteiger partial charge is 0.497 e. The van der Waals surface area contributed by atoms with E-state index in [0.29, 0.717) is 6.54 Å². The minimum absolute atomic E-state index is 0.629. The van der Waals surface area contributed by atoms with Crippen molar-refractivity contribution in [1.82, 2.24) is 9.97 Å². The summed E-state index contributed by atoms with van der Waals surface area (Å²) >= 11 is 3.27. The van der Waals surface area contributed by atoms with Crippen LogP contribution in [0.2, 0.25) is 0 Å². The molecule has 0 spiro atoms. The Hall–Kier alpha value is -1.50. The molecule has 19 heavy (non-hydrogen) atoms. The van der Waals surface area contributed by atoms with E-state index >= 15 is 0 Å². The zero-order chi connectivity index (χ0) is 13.2. The molecule has 0 aliphatic carbocycles. The van der Waals surface area contributed by atoms with Gasteiger partial charge in [-0.15, -0.1) is 22.7 Å². The average molecular weight is 291 g/mol. The lowest BCUT2D eigenvalue weighted by Crippen LogP contribution is -2.01. The number of methoxy groups -OCH3 is 1. The highest BCUT2D eigenvalue weighted by molar-refractivity contribution is 7.22. The van der Waals surface area contributed by atoms with Gasteiger partial charge in [-0.2, -0.15) is 0 Å². The predicted octanol–water partition coefficient (Wildman–Crippen LogP) is 2.93. The molecule has 0 atom stereocenters. The number of hydrogen-bond donors (Lipinski definition) is 1. The van der Waals surface area contributed by atoms with Crippen molar-refractivity contribution in [3.05, 3.63) is 28.6 Å². The first kappa shape index (κ1) is 12.5. The van der Waals surface area contributed by atoms with E-state index in [1.807, 2.05) is 23.6 Å². The van der Waals surface area contributed by atoms with Gasteiger partial charge in [0.2, 0.25) is 0 Å². The molecule has 0 saturated carbocycles. The van der Waals surface area contributed by atoms with Crippen LogP contribution in [0.5, 0.6) is 5.75 Å². The van der Waals surface area contributed by atoms with Crippen molar-refractivity contribution >= 4 is 32.9 Å². The molecule has 3 rings (SSSR count). The number of rotatable bonds is 4. The molecule has 0 bridgehead atoms. The van der Waals surface area contributed by atoms with Crippen LogP contribution in [0.15, 0.2) is 23.6 Å². The molecule has 0 aliphatic heterocycles. The van der Waals surface area contributed by atoms with E-state index in [1.165, 1.54) is 0 Å². The van der Waals surface area contributed by atoms with E-state index in [9.17, 15) is 0 Å². The van der Waals surface area contributed by atoms with Crippen LogP contribution in [0.1, 0.15) is 5.01 Å². The molecule has 0 unspecified atom stereocenters. The van der Waals surface area contributed by atoms with E-state index in [1.54, 1.807) is 29.8 Å². The van der Waals surface area contributed by atoms with Crippen molar-refractivity contribution in [1.29, 1.82) is 0 Å². The fraction of sp³-hybridized carbons (Fsp3) is 0.231. The lowest BCUT2D eigenvalue weighted by Gasteiger charge is -1.96. The van der Waals surface area contributed by atoms with E-state index in [2.05, 4.69) is 9.97 Å². The van der Waals surface area contributed by atoms with Gasteiger partial charge < -0.3 is 10.5 Å². The summed E-state index contributed by atoms with van der Waals surface area (Å²) < 4.78 is 6.34. The van der Waals surface area contributed by atoms with Gasteiger partial charge in [0.25, 0.3) is 0 Å². The second-order valence-corrected chi connectivity index (χ2v) is 5.99. The minimum Gasteiger partial charge on any atom is -0.497 e. The monoisotopic (exact) mass is 291 g/mol. The summed E-state index contributed by atoms with van der Waals surface area (Å²) in [6.07, 6.45) is 0.823. The van der Waals surface area contributed by atoms with Crippen LogP contribution in [0.4, 0.5) is 0 Å². The third kappa shape index (κ3) is 2.47. The van der Waals surface area contributed by atoms with Crippen molar-refractivity contribution in [2.24, 2.45) is 5.73 Å². The van der Waals surface area contributed by atoms with Gasteiger partial charge in [-0.1, -0.05) is 0 Å². The molecular formula is C13H13N3OS2. The number of nitrogens with two attached hydrogens (primary N) is 1. The predicted molar refractivity (Wildman–Crippen MR) is 80.0 cm³/mol. The Morgan fingerprint density at radius 1 is 1.32 bits per heavy atom. The summed E-state index contributed by atoms with van der Waals surface area (Å²) in [5.74, 6) is 0.852. The maximum absolute atomic E-state index is 5.54. The SMILES string of the molecule is COc1ccc2nc(-c3csc(CCN)n3)sc2c1. The van der Waals surface area contributed by atoms with E-state index in [-0.39, 0.29) is 0 Å². The zero-order valence-corrected chi connectivity index (χ0v) is 12.1. The minimum atomic E-state index is 0.629. The highest BCUT2D eigenvalue weighted by atomic mass is 32.1. The first-order chi connectivity index (χ1) is 9.30. The number of hydrogen-bond acceptors (Lipinski definition) is 6. The lowest BCUT2D eigenvalue weighted by atomic mass is 10.3. The topological polar surface area (TPSA) is 61.0 Å². The van der Waals surface area contributed by atoms with Crippen molar-refractivity contribution in [2.45, 2.75) is 6.42 Å². The first-order valence-corrected chi connectivity index (χ1v) is 7.59. The quantitative estimate of drug-likeness (QED) is 0.803. The maximum Gasteiger partial charge on any atom is 0.143 e. The van der Waals surface area contributed by atoms with Gasteiger partial charge in [-0.3, -0.25) is 0 Å². The molecule has 0 saturated heterocycles. The van der Waals surface area contributed by atoms with Crippen LogP contribution in [0.25, 0.3) is 20.9 Å². The molecule has 6 heteroatoms. The number of nitrogens with zero attached hydrogens (tertiary/aromatic N) is 2. The van der Waals surface area contributed by atoms with Crippen LogP contribution >= 0.6 is 22.7 Å². The van der Waals surface area contributed by atoms with Crippen LogP contribution < -0.4 is 10.5 Å². The molecule has 2 N–H and O–H groups in total. The highest BCUT2D eigenvalue weighted by Crippen LogP contribution is 2.32. The summed E-state index contributed by atoms with van der Waals surface area (Å²) in [7, 11) is 1.67. The molecule has 98 valence electrons. The van der Waals surface area contributed by atoms with Crippen molar-refractivity contribution in [3.63, 3.8) is 0 Å². The van der Waals surface area contributed by atoms with Gasteiger partial charge >= 0.3 is 0 Å². The summed E-state index contributed by atoms with van der Waals surface area (Å²) in [5, 5.41) is 4.05. The first-order valence-electron chi connectivity index (χ1n) is 5.89. The maximum atomic E-state index is 5.54. The van der Waals surface area contributed by atoms with Gasteiger partial charge in [-0.05, 0) is 24.7 Å². The lowest BCUT2D eigenvalue weighted by molar-refractivity contribution is 0.415. The van der Waals surface area contributed by atoms with Gasteiger partial charge in [0, 0.05) is 11.8 Å². The summed E-state index contributed by atoms with van der Waals surface area (Å²) in [6.45, 7) is 0.629. The van der Waals surface area contributed by atoms with Crippen molar-refractivity contribution in [3.8, 4) is 16.5 Å². The number of aromatic nitrogens is 2.